The summed E-state index contributed by atoms with van der Waals surface area (Å²) in [5.74, 6) is 0. The zero-order valence-corrected chi connectivity index (χ0v) is 93.0. The molecule has 0 aromatic carbocycles. The summed E-state index contributed by atoms with van der Waals surface area (Å²) in [6, 6.07) is 0. The first-order valence-corrected chi connectivity index (χ1v) is 47.4. The molecule has 0 atom stereocenters. The molecule has 0 bridgehead atoms. The third-order valence-corrected chi connectivity index (χ3v) is 51.4. The Kier molecular flexibility index (Phi) is 30.0. The molecule has 0 N–H and O–H groups in total. The van der Waals surface area contributed by atoms with Gasteiger partial charge in [0, 0.05) is 115 Å². The van der Waals surface area contributed by atoms with E-state index in [1.807, 2.05) is 0 Å². The minimum Gasteiger partial charge on any atom is -0.369 e. The van der Waals surface area contributed by atoms with Gasteiger partial charge in [-0.1, -0.05) is 194 Å². The summed E-state index contributed by atoms with van der Waals surface area (Å²) < 4.78 is 14.9. The molecule has 8 aliphatic rings. The van der Waals surface area contributed by atoms with Crippen LogP contribution in [-0.4, -0.2) is 176 Å². The standard InChI is InChI=1S/C14H30N2.2C13H27NS.C13H27N.2C12H24O.2C12H24S/c1-11(2)12(3,4)16(10)14(7,8)13(5,6)15(11)9;2*1-10(2)12(5,6)15-13(7,8)11(3,4)14(10)9;1-10(2)11(3,4)13(7,8)14(9)12(10,5)6;4*1-9(2)10(3,4)12(7,8)13-11(9,5)6/h1-10H3;2*1-9H3;1-9H3;4*1-8H3. The molecule has 0 aromatic rings. The zero-order valence-electron chi connectivity index (χ0n) is 89.7. The number of likely N-dealkylation sites (N-methyl/N-ethyl adjacent to an activating group) is 2. The van der Waals surface area contributed by atoms with E-state index in [2.05, 4.69) is 550 Å². The minimum atomic E-state index is -0.0417. The first-order valence-electron chi connectivity index (χ1n) is 44.2. The molecule has 0 spiro atoms. The molecular weight excluding hydrogens is 1440 g/mol. The van der Waals surface area contributed by atoms with E-state index >= 15 is 0 Å². The van der Waals surface area contributed by atoms with Gasteiger partial charge >= 0.3 is 0 Å². The van der Waals surface area contributed by atoms with Crippen LogP contribution in [0.15, 0.2) is 0 Å². The number of nitrogens with zero attached hydrogens (tertiary/aromatic N) is 5. The number of rotatable bonds is 0. The monoisotopic (exact) mass is 1650 g/mol. The maximum Gasteiger partial charge on any atom is 0.0690 e. The van der Waals surface area contributed by atoms with Gasteiger partial charge in [0.2, 0.25) is 0 Å². The van der Waals surface area contributed by atoms with Gasteiger partial charge < -0.3 is 9.47 Å². The predicted molar refractivity (Wildman–Crippen MR) is 519 cm³/mol. The van der Waals surface area contributed by atoms with Crippen molar-refractivity contribution in [3.63, 3.8) is 0 Å². The number of likely N-dealkylation sites (tertiary alicyclic amines) is 1. The lowest BCUT2D eigenvalue weighted by Gasteiger charge is -2.70. The molecule has 8 fully saturated rings. The molecule has 0 amide bonds. The second-order valence-corrected chi connectivity index (χ2v) is 62.4. The SMILES string of the molecule is CC1(C)OC(C)(C)C(C)(C)C1(C)C.CC1(C)OC(C)(C)C(C)(C)C1(C)C.CC1(C)SC(C)(C)C(C)(C)C1(C)C.CC1(C)SC(C)(C)C(C)(C)C1(C)C.CN1C(C)(C)C(C)(C)C(C)(C)C1(C)C.CN1C(C)(C)C(C)(C)N(C)C(C)(C)C1(C)C.CN1C(C)(C)C(C)(C)SC(C)(C)C1(C)C.CN1C(C)(C)C(C)(C)SC(C)(C)C1(C)C. The molecule has 11 heteroatoms. The van der Waals surface area contributed by atoms with Crippen molar-refractivity contribution in [1.82, 2.24) is 24.5 Å². The summed E-state index contributed by atoms with van der Waals surface area (Å²) in [7, 11) is 11.3. The second-order valence-electron chi connectivity index (χ2n) is 53.4. The highest BCUT2D eigenvalue weighted by Gasteiger charge is 2.70. The molecule has 672 valence electrons. The Labute approximate surface area is 724 Å². The third-order valence-electron chi connectivity index (χ3n) is 43.2. The van der Waals surface area contributed by atoms with Crippen LogP contribution in [0.2, 0.25) is 0 Å². The summed E-state index contributed by atoms with van der Waals surface area (Å²) in [6.45, 7) is 150. The molecule has 112 heavy (non-hydrogen) atoms. The zero-order chi connectivity index (χ0) is 92.1. The van der Waals surface area contributed by atoms with Gasteiger partial charge in [0.1, 0.15) is 0 Å². The Morgan fingerprint density at radius 3 is 0.312 bits per heavy atom. The van der Waals surface area contributed by atoms with Gasteiger partial charge in [0.15, 0.2) is 0 Å². The molecule has 8 rings (SSSR count). The van der Waals surface area contributed by atoms with E-state index in [4.69, 9.17) is 9.47 Å². The van der Waals surface area contributed by atoms with E-state index in [-0.39, 0.29) is 118 Å². The van der Waals surface area contributed by atoms with Crippen LogP contribution in [0.3, 0.4) is 0 Å². The highest BCUT2D eigenvalue weighted by Crippen LogP contribution is 2.72. The number of piperazine rings is 1. The molecule has 0 unspecified atom stereocenters. The van der Waals surface area contributed by atoms with Crippen LogP contribution in [0.25, 0.3) is 0 Å². The van der Waals surface area contributed by atoms with Crippen molar-refractivity contribution in [3.05, 3.63) is 0 Å². The van der Waals surface area contributed by atoms with E-state index < -0.39 is 0 Å². The van der Waals surface area contributed by atoms with Crippen molar-refractivity contribution in [2.75, 3.05) is 35.2 Å². The summed E-state index contributed by atoms with van der Waals surface area (Å²) >= 11 is 8.52. The molecule has 8 aliphatic heterocycles. The maximum absolute atomic E-state index is 6.17. The Morgan fingerprint density at radius 1 is 0.125 bits per heavy atom. The van der Waals surface area contributed by atoms with E-state index in [0.717, 1.165) is 0 Å². The topological polar surface area (TPSA) is 34.7 Å². The Bertz CT molecular complexity index is 2750. The Morgan fingerprint density at radius 2 is 0.232 bits per heavy atom. The maximum atomic E-state index is 6.17. The van der Waals surface area contributed by atoms with Gasteiger partial charge in [-0.05, 0) is 317 Å². The van der Waals surface area contributed by atoms with Crippen LogP contribution in [0, 0.1) is 54.1 Å². The van der Waals surface area contributed by atoms with Crippen molar-refractivity contribution in [1.29, 1.82) is 0 Å². The van der Waals surface area contributed by atoms with Gasteiger partial charge in [-0.15, -0.1) is 47.0 Å². The van der Waals surface area contributed by atoms with Crippen molar-refractivity contribution < 1.29 is 9.47 Å². The lowest BCUT2D eigenvalue weighted by Crippen LogP contribution is -2.82. The summed E-state index contributed by atoms with van der Waals surface area (Å²) in [5.41, 5.74) is 4.78. The largest absolute Gasteiger partial charge is 0.369 e. The Hall–Kier alpha value is 1.12. The average Bonchev–Trinajstić information content (AvgIpc) is 1.25. The van der Waals surface area contributed by atoms with Crippen LogP contribution < -0.4 is 0 Å². The van der Waals surface area contributed by atoms with Gasteiger partial charge in [-0.3, -0.25) is 24.5 Å². The highest BCUT2D eigenvalue weighted by molar-refractivity contribution is 8.03. The predicted octanol–water partition coefficient (Wildman–Crippen LogP) is 30.0. The minimum absolute atomic E-state index is 0.0417. The number of hydrogen-bond acceptors (Lipinski definition) is 11. The van der Waals surface area contributed by atoms with E-state index in [9.17, 15) is 0 Å². The summed E-state index contributed by atoms with van der Waals surface area (Å²) in [6.07, 6.45) is 0. The normalized spacial score (nSPS) is 33.0. The fourth-order valence-corrected chi connectivity index (χ4v) is 29.2. The molecule has 8 heterocycles. The van der Waals surface area contributed by atoms with Crippen LogP contribution in [-0.2, 0) is 9.47 Å². The Balaban J connectivity index is 0.000000641. The molecule has 7 nitrogen and oxygen atoms in total. The lowest BCUT2D eigenvalue weighted by molar-refractivity contribution is -0.191. The quantitative estimate of drug-likeness (QED) is 0.233. The molecule has 0 aliphatic carbocycles. The molecular formula is C101H207N5O2S4. The number of ether oxygens (including phenoxy) is 2. The van der Waals surface area contributed by atoms with Crippen molar-refractivity contribution in [2.24, 2.45) is 54.1 Å². The number of thioether (sulfide) groups is 4. The highest BCUT2D eigenvalue weighted by atomic mass is 32.2. The van der Waals surface area contributed by atoms with E-state index in [1.165, 1.54) is 0 Å². The summed E-state index contributed by atoms with van der Waals surface area (Å²) in [5, 5.41) is 0. The fraction of sp³-hybridized carbons (Fsp3) is 1.00. The average molecular weight is 1650 g/mol. The van der Waals surface area contributed by atoms with Crippen molar-refractivity contribution in [2.45, 2.75) is 559 Å². The van der Waals surface area contributed by atoms with Crippen LogP contribution in [0.1, 0.15) is 443 Å². The summed E-state index contributed by atoms with van der Waals surface area (Å²) in [4.78, 5) is 12.7. The number of hydrogen-bond donors (Lipinski definition) is 0. The van der Waals surface area contributed by atoms with Crippen LogP contribution >= 0.6 is 47.0 Å². The first kappa shape index (κ1) is 111. The molecule has 8 saturated heterocycles. The molecule has 0 radical (unpaired) electrons. The first-order chi connectivity index (χ1) is 47.3. The van der Waals surface area contributed by atoms with Gasteiger partial charge in [-0.25, -0.2) is 0 Å². The molecule has 0 saturated carbocycles. The van der Waals surface area contributed by atoms with Crippen molar-refractivity contribution >= 4 is 47.0 Å². The smallest absolute Gasteiger partial charge is 0.0690 e. The van der Waals surface area contributed by atoms with Gasteiger partial charge in [-0.2, -0.15) is 0 Å². The lowest BCUT2D eigenvalue weighted by atomic mass is 9.57. The van der Waals surface area contributed by atoms with Crippen molar-refractivity contribution in [3.8, 4) is 0 Å². The second kappa shape index (κ2) is 30.2. The third kappa shape index (κ3) is 16.5. The van der Waals surface area contributed by atoms with Gasteiger partial charge in [0.25, 0.3) is 0 Å². The molecule has 0 aromatic heterocycles. The van der Waals surface area contributed by atoms with Crippen LogP contribution in [0.4, 0.5) is 0 Å². The fourth-order valence-electron chi connectivity index (χ4n) is 20.5. The van der Waals surface area contributed by atoms with E-state index in [1.54, 1.807) is 0 Å². The van der Waals surface area contributed by atoms with Gasteiger partial charge in [0.05, 0.1) is 22.4 Å². The van der Waals surface area contributed by atoms with Crippen LogP contribution in [0.5, 0.6) is 0 Å². The van der Waals surface area contributed by atoms with E-state index in [0.29, 0.717) is 51.5 Å².